The molecule has 10 heteroatoms. The molecule has 0 saturated carbocycles. The van der Waals surface area contributed by atoms with Crippen molar-refractivity contribution in [1.82, 2.24) is 10.2 Å². The number of anilines is 1. The number of hydrogen-bond donors (Lipinski definition) is 1. The van der Waals surface area contributed by atoms with Crippen molar-refractivity contribution < 1.29 is 22.4 Å². The number of halogens is 2. The molecule has 0 bridgehead atoms. The zero-order valence-electron chi connectivity index (χ0n) is 24.6. The summed E-state index contributed by atoms with van der Waals surface area (Å²) in [5, 5.41) is 3.49. The van der Waals surface area contributed by atoms with Crippen LogP contribution in [0.25, 0.3) is 0 Å². The fraction of sp³-hybridized carbons (Fsp3) is 0.235. The molecule has 0 spiro atoms. The van der Waals surface area contributed by atoms with Gasteiger partial charge in [-0.05, 0) is 60.9 Å². The largest absolute Gasteiger partial charge is 0.352 e. The Morgan fingerprint density at radius 2 is 1.43 bits per heavy atom. The van der Waals surface area contributed by atoms with Crippen LogP contribution in [-0.4, -0.2) is 43.8 Å². The average molecular weight is 636 g/mol. The number of amides is 2. The van der Waals surface area contributed by atoms with Crippen LogP contribution in [0.5, 0.6) is 0 Å². The molecule has 0 aliphatic heterocycles. The minimum absolute atomic E-state index is 0.0159. The smallest absolute Gasteiger partial charge is 0.264 e. The van der Waals surface area contributed by atoms with Crippen LogP contribution >= 0.6 is 11.6 Å². The first kappa shape index (κ1) is 32.7. The van der Waals surface area contributed by atoms with Crippen LogP contribution < -0.4 is 9.62 Å². The zero-order valence-corrected chi connectivity index (χ0v) is 26.1. The van der Waals surface area contributed by atoms with E-state index in [4.69, 9.17) is 11.6 Å². The second kappa shape index (κ2) is 15.0. The van der Waals surface area contributed by atoms with Gasteiger partial charge in [0.25, 0.3) is 10.0 Å². The lowest BCUT2D eigenvalue weighted by Gasteiger charge is -2.34. The monoisotopic (exact) mass is 635 g/mol. The fourth-order valence-corrected chi connectivity index (χ4v) is 6.24. The van der Waals surface area contributed by atoms with E-state index in [9.17, 15) is 18.0 Å². The Morgan fingerprint density at radius 1 is 0.841 bits per heavy atom. The molecule has 2 atom stereocenters. The molecule has 0 saturated heterocycles. The summed E-state index contributed by atoms with van der Waals surface area (Å²) < 4.78 is 43.8. The highest BCUT2D eigenvalue weighted by molar-refractivity contribution is 7.92. The molecule has 4 rings (SSSR count). The van der Waals surface area contributed by atoms with Crippen LogP contribution in [-0.2, 0) is 32.6 Å². The Morgan fingerprint density at radius 3 is 2.05 bits per heavy atom. The van der Waals surface area contributed by atoms with Gasteiger partial charge in [0.1, 0.15) is 18.4 Å². The van der Waals surface area contributed by atoms with Crippen molar-refractivity contribution in [2.45, 2.75) is 50.2 Å². The van der Waals surface area contributed by atoms with Gasteiger partial charge in [-0.25, -0.2) is 12.8 Å². The third-order valence-electron chi connectivity index (χ3n) is 7.27. The molecule has 0 aliphatic rings. The number of benzene rings is 4. The quantitative estimate of drug-likeness (QED) is 0.189. The second-order valence-corrected chi connectivity index (χ2v) is 12.7. The van der Waals surface area contributed by atoms with E-state index < -0.39 is 34.3 Å². The SMILES string of the molecule is CC[C@H](C)NC(=O)[C@H](Cc1ccccc1)N(Cc1ccc(Cl)cc1)C(=O)CN(c1ccccc1F)S(=O)(=O)c1ccccc1. The van der Waals surface area contributed by atoms with Gasteiger partial charge in [0, 0.05) is 24.0 Å². The zero-order chi connectivity index (χ0) is 31.7. The van der Waals surface area contributed by atoms with Gasteiger partial charge < -0.3 is 10.2 Å². The van der Waals surface area contributed by atoms with Crippen molar-refractivity contribution in [2.75, 3.05) is 10.8 Å². The summed E-state index contributed by atoms with van der Waals surface area (Å²) in [5.41, 5.74) is 1.22. The summed E-state index contributed by atoms with van der Waals surface area (Å²) >= 11 is 6.11. The highest BCUT2D eigenvalue weighted by Gasteiger charge is 2.35. The van der Waals surface area contributed by atoms with Gasteiger partial charge in [-0.15, -0.1) is 0 Å². The van der Waals surface area contributed by atoms with Gasteiger partial charge >= 0.3 is 0 Å². The first-order valence-electron chi connectivity index (χ1n) is 14.3. The van der Waals surface area contributed by atoms with Gasteiger partial charge in [0.05, 0.1) is 10.6 Å². The number of para-hydroxylation sites is 1. The van der Waals surface area contributed by atoms with Gasteiger partial charge in [0.2, 0.25) is 11.8 Å². The third kappa shape index (κ3) is 8.24. The number of sulfonamides is 1. The Labute approximate surface area is 263 Å². The summed E-state index contributed by atoms with van der Waals surface area (Å²) in [6, 6.07) is 27.9. The number of nitrogens with zero attached hydrogens (tertiary/aromatic N) is 2. The van der Waals surface area contributed by atoms with Gasteiger partial charge in [0.15, 0.2) is 0 Å². The lowest BCUT2D eigenvalue weighted by Crippen LogP contribution is -2.54. The Hall–Kier alpha value is -4.21. The van der Waals surface area contributed by atoms with Crippen molar-refractivity contribution >= 4 is 39.1 Å². The molecular weight excluding hydrogens is 601 g/mol. The minimum atomic E-state index is -4.38. The summed E-state index contributed by atoms with van der Waals surface area (Å²) in [5.74, 6) is -1.86. The summed E-state index contributed by atoms with van der Waals surface area (Å²) in [6.45, 7) is 3.05. The van der Waals surface area contributed by atoms with E-state index in [2.05, 4.69) is 5.32 Å². The van der Waals surface area contributed by atoms with Gasteiger partial charge in [-0.2, -0.15) is 0 Å². The number of carbonyl (C=O) groups is 2. The predicted molar refractivity (Wildman–Crippen MR) is 171 cm³/mol. The maximum atomic E-state index is 15.2. The van der Waals surface area contributed by atoms with Crippen molar-refractivity contribution in [3.63, 3.8) is 0 Å². The van der Waals surface area contributed by atoms with Crippen molar-refractivity contribution in [2.24, 2.45) is 0 Å². The molecule has 2 amide bonds. The number of rotatable bonds is 13. The molecule has 0 heterocycles. The van der Waals surface area contributed by atoms with E-state index in [-0.39, 0.29) is 35.5 Å². The molecule has 0 radical (unpaired) electrons. The molecule has 4 aromatic rings. The standard InChI is InChI=1S/C34H35ClFN3O4S/c1-3-25(2)37-34(41)32(22-26-12-6-4-7-13-26)38(23-27-18-20-28(35)21-19-27)33(40)24-39(31-17-11-10-16-30(31)36)44(42,43)29-14-8-5-9-15-29/h4-21,25,32H,3,22-24H2,1-2H3,(H,37,41)/t25-,32-/m0/s1. The van der Waals surface area contributed by atoms with Crippen LogP contribution in [0.15, 0.2) is 114 Å². The highest BCUT2D eigenvalue weighted by atomic mass is 35.5. The van der Waals surface area contributed by atoms with Crippen molar-refractivity contribution in [3.8, 4) is 0 Å². The fourth-order valence-electron chi connectivity index (χ4n) is 4.67. The Balaban J connectivity index is 1.81. The van der Waals surface area contributed by atoms with E-state index in [0.717, 1.165) is 15.9 Å². The molecular formula is C34H35ClFN3O4S. The molecule has 0 fully saturated rings. The van der Waals surface area contributed by atoms with E-state index in [1.54, 1.807) is 42.5 Å². The van der Waals surface area contributed by atoms with E-state index in [1.165, 1.54) is 35.2 Å². The van der Waals surface area contributed by atoms with Crippen LogP contribution in [0.1, 0.15) is 31.4 Å². The molecule has 7 nitrogen and oxygen atoms in total. The summed E-state index contributed by atoms with van der Waals surface area (Å²) in [7, 11) is -4.38. The Bertz CT molecular complexity index is 1660. The average Bonchev–Trinajstić information content (AvgIpc) is 3.03. The molecule has 44 heavy (non-hydrogen) atoms. The molecule has 0 aliphatic carbocycles. The van der Waals surface area contributed by atoms with E-state index in [0.29, 0.717) is 17.0 Å². The van der Waals surface area contributed by atoms with Crippen molar-refractivity contribution in [3.05, 3.63) is 131 Å². The first-order valence-corrected chi connectivity index (χ1v) is 16.1. The summed E-state index contributed by atoms with van der Waals surface area (Å²) in [6.07, 6.45) is 0.846. The summed E-state index contributed by atoms with van der Waals surface area (Å²) in [4.78, 5) is 29.4. The van der Waals surface area contributed by atoms with Crippen LogP contribution in [0.3, 0.4) is 0 Å². The molecule has 230 valence electrons. The second-order valence-electron chi connectivity index (χ2n) is 10.4. The molecule has 0 unspecified atom stereocenters. The lowest BCUT2D eigenvalue weighted by atomic mass is 10.0. The molecule has 0 aromatic heterocycles. The number of nitrogens with one attached hydrogen (secondary N) is 1. The highest BCUT2D eigenvalue weighted by Crippen LogP contribution is 2.27. The maximum absolute atomic E-state index is 15.2. The normalized spacial score (nSPS) is 12.6. The molecule has 1 N–H and O–H groups in total. The maximum Gasteiger partial charge on any atom is 0.264 e. The lowest BCUT2D eigenvalue weighted by molar-refractivity contribution is -0.140. The topological polar surface area (TPSA) is 86.8 Å². The third-order valence-corrected chi connectivity index (χ3v) is 9.30. The number of carbonyl (C=O) groups excluding carboxylic acids is 2. The van der Waals surface area contributed by atoms with Gasteiger partial charge in [-0.1, -0.05) is 91.3 Å². The van der Waals surface area contributed by atoms with Crippen molar-refractivity contribution in [1.29, 1.82) is 0 Å². The number of hydrogen-bond acceptors (Lipinski definition) is 4. The first-order chi connectivity index (χ1) is 21.1. The van der Waals surface area contributed by atoms with E-state index >= 15 is 4.39 Å². The van der Waals surface area contributed by atoms with Crippen LogP contribution in [0.4, 0.5) is 10.1 Å². The van der Waals surface area contributed by atoms with Gasteiger partial charge in [-0.3, -0.25) is 13.9 Å². The Kier molecular flexibility index (Phi) is 11.1. The minimum Gasteiger partial charge on any atom is -0.352 e. The molecule has 4 aromatic carbocycles. The van der Waals surface area contributed by atoms with Crippen LogP contribution in [0, 0.1) is 5.82 Å². The van der Waals surface area contributed by atoms with E-state index in [1.807, 2.05) is 44.2 Å². The predicted octanol–water partition coefficient (Wildman–Crippen LogP) is 6.23. The van der Waals surface area contributed by atoms with Crippen LogP contribution in [0.2, 0.25) is 5.02 Å².